The zero-order valence-electron chi connectivity index (χ0n) is 19.1. The monoisotopic (exact) mass is 488 g/mol. The Labute approximate surface area is 205 Å². The van der Waals surface area contributed by atoms with Crippen LogP contribution < -0.4 is 14.7 Å². The third-order valence-corrected chi connectivity index (χ3v) is 6.43. The molecule has 1 aliphatic heterocycles. The van der Waals surface area contributed by atoms with Gasteiger partial charge in [-0.05, 0) is 30.3 Å². The first-order valence-corrected chi connectivity index (χ1v) is 11.8. The van der Waals surface area contributed by atoms with Crippen molar-refractivity contribution >= 4 is 62.7 Å². The summed E-state index contributed by atoms with van der Waals surface area (Å²) < 4.78 is 14.3. The van der Waals surface area contributed by atoms with Gasteiger partial charge < -0.3 is 4.90 Å². The van der Waals surface area contributed by atoms with Crippen LogP contribution in [-0.4, -0.2) is 46.9 Å². The number of hydrogen-bond acceptors (Lipinski definition) is 7. The summed E-state index contributed by atoms with van der Waals surface area (Å²) in [6.45, 7) is 2.44. The molecule has 0 saturated carbocycles. The molecule has 0 unspecified atom stereocenters. The second-order valence-corrected chi connectivity index (χ2v) is 8.80. The molecule has 1 aliphatic rings. The van der Waals surface area contributed by atoms with Gasteiger partial charge in [0.2, 0.25) is 5.91 Å². The molecule has 3 heterocycles. The van der Waals surface area contributed by atoms with Gasteiger partial charge in [0.15, 0.2) is 16.8 Å². The number of carbonyl (C=O) groups excluding carboxylic acids is 2. The number of likely N-dealkylation sites (N-methyl/N-ethyl adjacent to an activating group) is 1. The van der Waals surface area contributed by atoms with Gasteiger partial charge in [0.25, 0.3) is 5.91 Å². The molecule has 2 aromatic heterocycles. The number of amides is 2. The summed E-state index contributed by atoms with van der Waals surface area (Å²) in [6.07, 6.45) is 3.00. The summed E-state index contributed by atoms with van der Waals surface area (Å²) in [5, 5.41) is 2.03. The number of halogens is 1. The van der Waals surface area contributed by atoms with E-state index in [1.54, 1.807) is 28.5 Å². The zero-order chi connectivity index (χ0) is 24.5. The molecular weight excluding hydrogens is 467 g/mol. The van der Waals surface area contributed by atoms with Gasteiger partial charge in [-0.3, -0.25) is 19.4 Å². The highest BCUT2D eigenvalue weighted by molar-refractivity contribution is 7.14. The van der Waals surface area contributed by atoms with Gasteiger partial charge in [-0.15, -0.1) is 11.3 Å². The minimum absolute atomic E-state index is 0.126. The van der Waals surface area contributed by atoms with Crippen LogP contribution in [0.5, 0.6) is 0 Å². The van der Waals surface area contributed by atoms with Crippen molar-refractivity contribution in [3.8, 4) is 0 Å². The van der Waals surface area contributed by atoms with Crippen LogP contribution in [0.25, 0.3) is 17.1 Å². The van der Waals surface area contributed by atoms with Crippen molar-refractivity contribution in [3.05, 3.63) is 71.5 Å². The molecular formula is C25H21FN6O2S. The number of para-hydroxylation sites is 3. The lowest BCUT2D eigenvalue weighted by Crippen LogP contribution is -2.43. The Bertz CT molecular complexity index is 1470. The van der Waals surface area contributed by atoms with Crippen molar-refractivity contribution in [2.45, 2.75) is 6.92 Å². The van der Waals surface area contributed by atoms with Crippen LogP contribution in [0.4, 0.5) is 26.8 Å². The summed E-state index contributed by atoms with van der Waals surface area (Å²) in [4.78, 5) is 44.0. The lowest BCUT2D eigenvalue weighted by molar-refractivity contribution is -0.116. The van der Waals surface area contributed by atoms with E-state index in [0.717, 1.165) is 5.52 Å². The molecule has 2 aromatic carbocycles. The van der Waals surface area contributed by atoms with Crippen molar-refractivity contribution in [1.29, 1.82) is 0 Å². The number of fused-ring (bicyclic) bond motifs is 2. The molecule has 35 heavy (non-hydrogen) atoms. The predicted molar refractivity (Wildman–Crippen MR) is 136 cm³/mol. The average Bonchev–Trinajstić information content (AvgIpc) is 3.31. The number of aromatic nitrogens is 3. The fraction of sp³-hybridized carbons (Fsp3) is 0.160. The van der Waals surface area contributed by atoms with E-state index in [2.05, 4.69) is 15.0 Å². The molecule has 0 radical (unpaired) electrons. The standard InChI is InChI=1S/C25H21FN6O2S/c1-16(33)32(21-10-6-3-7-18(21)26)25-27-17(15-35-25)11-12-22(34)31-14-13-30(2)23-24(31)29-20-9-5-4-8-19(20)28-23/h3-12,15H,13-14H2,1-2H3/b12-11+. The first-order chi connectivity index (χ1) is 16.9. The Morgan fingerprint density at radius 3 is 2.40 bits per heavy atom. The van der Waals surface area contributed by atoms with E-state index in [4.69, 9.17) is 0 Å². The summed E-state index contributed by atoms with van der Waals surface area (Å²) in [7, 11) is 1.92. The van der Waals surface area contributed by atoms with Gasteiger partial charge in [0.05, 0.1) is 22.4 Å². The summed E-state index contributed by atoms with van der Waals surface area (Å²) in [5.41, 5.74) is 2.09. The highest BCUT2D eigenvalue weighted by atomic mass is 32.1. The number of hydrogen-bond donors (Lipinski definition) is 0. The van der Waals surface area contributed by atoms with Crippen LogP contribution in [0.15, 0.2) is 60.0 Å². The Kier molecular flexibility index (Phi) is 5.96. The first-order valence-electron chi connectivity index (χ1n) is 10.9. The van der Waals surface area contributed by atoms with E-state index in [0.29, 0.717) is 41.1 Å². The van der Waals surface area contributed by atoms with Crippen LogP contribution in [-0.2, 0) is 9.59 Å². The summed E-state index contributed by atoms with van der Waals surface area (Å²) in [5.74, 6) is 0.0162. The van der Waals surface area contributed by atoms with Crippen LogP contribution in [0.2, 0.25) is 0 Å². The topological polar surface area (TPSA) is 82.5 Å². The normalized spacial score (nSPS) is 13.3. The van der Waals surface area contributed by atoms with Crippen LogP contribution in [0, 0.1) is 5.82 Å². The molecule has 4 aromatic rings. The molecule has 0 spiro atoms. The highest BCUT2D eigenvalue weighted by Crippen LogP contribution is 2.32. The maximum atomic E-state index is 14.3. The second-order valence-electron chi connectivity index (χ2n) is 7.97. The number of benzene rings is 2. The van der Waals surface area contributed by atoms with E-state index in [9.17, 15) is 14.0 Å². The molecule has 0 atom stereocenters. The van der Waals surface area contributed by atoms with E-state index in [1.807, 2.05) is 36.2 Å². The van der Waals surface area contributed by atoms with Crippen molar-refractivity contribution in [3.63, 3.8) is 0 Å². The zero-order valence-corrected chi connectivity index (χ0v) is 19.9. The lowest BCUT2D eigenvalue weighted by Gasteiger charge is -2.33. The fourth-order valence-corrected chi connectivity index (χ4v) is 4.69. The van der Waals surface area contributed by atoms with Gasteiger partial charge in [-0.2, -0.15) is 0 Å². The third kappa shape index (κ3) is 4.35. The minimum atomic E-state index is -0.521. The molecule has 8 nitrogen and oxygen atoms in total. The molecule has 176 valence electrons. The first kappa shape index (κ1) is 22.6. The number of anilines is 4. The van der Waals surface area contributed by atoms with E-state index in [1.165, 1.54) is 41.4 Å². The number of carbonyl (C=O) groups is 2. The molecule has 0 bridgehead atoms. The molecule has 0 saturated heterocycles. The van der Waals surface area contributed by atoms with Crippen molar-refractivity contribution < 1.29 is 14.0 Å². The molecule has 5 rings (SSSR count). The Hall–Kier alpha value is -4.18. The lowest BCUT2D eigenvalue weighted by atomic mass is 10.2. The average molecular weight is 489 g/mol. The van der Waals surface area contributed by atoms with Gasteiger partial charge >= 0.3 is 0 Å². The van der Waals surface area contributed by atoms with Crippen LogP contribution in [0.1, 0.15) is 12.6 Å². The summed E-state index contributed by atoms with van der Waals surface area (Å²) >= 11 is 1.19. The Balaban J connectivity index is 1.40. The van der Waals surface area contributed by atoms with E-state index in [-0.39, 0.29) is 17.5 Å². The van der Waals surface area contributed by atoms with Crippen LogP contribution >= 0.6 is 11.3 Å². The van der Waals surface area contributed by atoms with E-state index >= 15 is 0 Å². The Morgan fingerprint density at radius 1 is 1.00 bits per heavy atom. The van der Waals surface area contributed by atoms with Gasteiger partial charge in [-0.25, -0.2) is 19.3 Å². The smallest absolute Gasteiger partial charge is 0.252 e. The van der Waals surface area contributed by atoms with Gasteiger partial charge in [0.1, 0.15) is 5.82 Å². The maximum Gasteiger partial charge on any atom is 0.252 e. The number of rotatable bonds is 4. The quantitative estimate of drug-likeness (QED) is 0.396. The second kappa shape index (κ2) is 9.22. The highest BCUT2D eigenvalue weighted by Gasteiger charge is 2.27. The van der Waals surface area contributed by atoms with E-state index < -0.39 is 5.82 Å². The maximum absolute atomic E-state index is 14.3. The van der Waals surface area contributed by atoms with Crippen molar-refractivity contribution in [2.75, 3.05) is 34.8 Å². The molecule has 0 aliphatic carbocycles. The van der Waals surface area contributed by atoms with Gasteiger partial charge in [0, 0.05) is 38.5 Å². The molecule has 10 heteroatoms. The summed E-state index contributed by atoms with van der Waals surface area (Å²) in [6, 6.07) is 13.6. The largest absolute Gasteiger partial charge is 0.355 e. The number of nitrogens with zero attached hydrogens (tertiary/aromatic N) is 6. The van der Waals surface area contributed by atoms with Gasteiger partial charge in [-0.1, -0.05) is 24.3 Å². The molecule has 2 amide bonds. The SMILES string of the molecule is CC(=O)N(c1nc(/C=C/C(=O)N2CCN(C)c3nc4ccccc4nc32)cs1)c1ccccc1F. The Morgan fingerprint density at radius 2 is 1.69 bits per heavy atom. The molecule has 0 N–H and O–H groups in total. The molecule has 0 fully saturated rings. The number of thiazole rings is 1. The van der Waals surface area contributed by atoms with Crippen LogP contribution in [0.3, 0.4) is 0 Å². The fourth-order valence-electron chi connectivity index (χ4n) is 3.84. The van der Waals surface area contributed by atoms with Crippen molar-refractivity contribution in [2.24, 2.45) is 0 Å². The predicted octanol–water partition coefficient (Wildman–Crippen LogP) is 4.41. The third-order valence-electron chi connectivity index (χ3n) is 5.58. The van der Waals surface area contributed by atoms with Crippen molar-refractivity contribution in [1.82, 2.24) is 15.0 Å². The minimum Gasteiger partial charge on any atom is -0.355 e.